The van der Waals surface area contributed by atoms with Gasteiger partial charge >= 0.3 is 0 Å². The number of morpholine rings is 1. The standard InChI is InChI=1S/C12H24N2O/c1-2-3-4-5-7-14-9-11-12(10-14)15-8-6-13-11/h11-13H,2-10H2,1H3/t11-,12+/m0/s1. The van der Waals surface area contributed by atoms with Crippen LogP contribution >= 0.6 is 0 Å². The Morgan fingerprint density at radius 3 is 3.00 bits per heavy atom. The number of likely N-dealkylation sites (tertiary alicyclic amines) is 1. The van der Waals surface area contributed by atoms with E-state index in [1.54, 1.807) is 0 Å². The van der Waals surface area contributed by atoms with E-state index in [9.17, 15) is 0 Å². The molecule has 2 aliphatic rings. The van der Waals surface area contributed by atoms with Gasteiger partial charge in [0.1, 0.15) is 0 Å². The Bertz CT molecular complexity index is 172. The molecule has 15 heavy (non-hydrogen) atoms. The second-order valence-corrected chi connectivity index (χ2v) is 4.79. The third-order valence-electron chi connectivity index (χ3n) is 3.51. The molecule has 2 fully saturated rings. The van der Waals surface area contributed by atoms with Gasteiger partial charge in [0.15, 0.2) is 0 Å². The maximum Gasteiger partial charge on any atom is 0.0867 e. The Morgan fingerprint density at radius 2 is 2.20 bits per heavy atom. The molecule has 0 aliphatic carbocycles. The molecule has 0 aromatic heterocycles. The Hall–Kier alpha value is -0.120. The summed E-state index contributed by atoms with van der Waals surface area (Å²) in [5, 5.41) is 3.55. The summed E-state index contributed by atoms with van der Waals surface area (Å²) in [5.74, 6) is 0. The molecule has 3 nitrogen and oxygen atoms in total. The van der Waals surface area contributed by atoms with E-state index in [1.807, 2.05) is 0 Å². The van der Waals surface area contributed by atoms with Gasteiger partial charge in [-0.25, -0.2) is 0 Å². The molecule has 1 N–H and O–H groups in total. The average Bonchev–Trinajstić information content (AvgIpc) is 2.67. The van der Waals surface area contributed by atoms with Gasteiger partial charge in [-0.05, 0) is 13.0 Å². The topological polar surface area (TPSA) is 24.5 Å². The van der Waals surface area contributed by atoms with Crippen LogP contribution in [-0.2, 0) is 4.74 Å². The molecule has 0 bridgehead atoms. The van der Waals surface area contributed by atoms with Crippen molar-refractivity contribution in [2.24, 2.45) is 0 Å². The minimum atomic E-state index is 0.463. The fraction of sp³-hybridized carbons (Fsp3) is 1.00. The summed E-state index contributed by atoms with van der Waals surface area (Å²) >= 11 is 0. The molecule has 2 atom stereocenters. The number of rotatable bonds is 5. The van der Waals surface area contributed by atoms with Gasteiger partial charge in [-0.1, -0.05) is 26.2 Å². The lowest BCUT2D eigenvalue weighted by molar-refractivity contribution is 0.0177. The van der Waals surface area contributed by atoms with E-state index in [-0.39, 0.29) is 0 Å². The number of nitrogens with one attached hydrogen (secondary N) is 1. The Balaban J connectivity index is 1.63. The molecule has 0 amide bonds. The second-order valence-electron chi connectivity index (χ2n) is 4.79. The molecular weight excluding hydrogens is 188 g/mol. The lowest BCUT2D eigenvalue weighted by Crippen LogP contribution is -2.47. The van der Waals surface area contributed by atoms with Gasteiger partial charge in [0.25, 0.3) is 0 Å². The van der Waals surface area contributed by atoms with Crippen LogP contribution in [0.5, 0.6) is 0 Å². The van der Waals surface area contributed by atoms with Crippen LogP contribution in [0.4, 0.5) is 0 Å². The maximum atomic E-state index is 5.76. The largest absolute Gasteiger partial charge is 0.374 e. The zero-order valence-electron chi connectivity index (χ0n) is 9.87. The maximum absolute atomic E-state index is 5.76. The molecule has 0 unspecified atom stereocenters. The van der Waals surface area contributed by atoms with E-state index in [2.05, 4.69) is 17.1 Å². The van der Waals surface area contributed by atoms with E-state index in [0.717, 1.165) is 19.7 Å². The Labute approximate surface area is 93.2 Å². The van der Waals surface area contributed by atoms with Crippen molar-refractivity contribution < 1.29 is 4.74 Å². The molecule has 0 aromatic carbocycles. The zero-order chi connectivity index (χ0) is 10.5. The fourth-order valence-corrected chi connectivity index (χ4v) is 2.62. The summed E-state index contributed by atoms with van der Waals surface area (Å²) in [7, 11) is 0. The average molecular weight is 212 g/mol. The third kappa shape index (κ3) is 3.16. The number of hydrogen-bond acceptors (Lipinski definition) is 3. The first kappa shape index (κ1) is 11.4. The first-order valence-electron chi connectivity index (χ1n) is 6.47. The van der Waals surface area contributed by atoms with Crippen LogP contribution in [0.2, 0.25) is 0 Å². The van der Waals surface area contributed by atoms with Gasteiger partial charge in [0.05, 0.1) is 12.7 Å². The molecule has 2 heterocycles. The van der Waals surface area contributed by atoms with E-state index < -0.39 is 0 Å². The minimum absolute atomic E-state index is 0.463. The highest BCUT2D eigenvalue weighted by Gasteiger charge is 2.34. The molecule has 0 saturated carbocycles. The second kappa shape index (κ2) is 5.83. The lowest BCUT2D eigenvalue weighted by atomic mass is 10.2. The molecule has 2 saturated heterocycles. The smallest absolute Gasteiger partial charge is 0.0867 e. The monoisotopic (exact) mass is 212 g/mol. The molecule has 0 aromatic rings. The van der Waals surface area contributed by atoms with Gasteiger partial charge in [0.2, 0.25) is 0 Å². The quantitative estimate of drug-likeness (QED) is 0.694. The first-order valence-corrected chi connectivity index (χ1v) is 6.47. The van der Waals surface area contributed by atoms with Crippen LogP contribution in [-0.4, -0.2) is 49.8 Å². The molecule has 3 heteroatoms. The summed E-state index contributed by atoms with van der Waals surface area (Å²) in [5.41, 5.74) is 0. The van der Waals surface area contributed by atoms with Crippen LogP contribution in [0.25, 0.3) is 0 Å². The highest BCUT2D eigenvalue weighted by molar-refractivity contribution is 4.92. The van der Waals surface area contributed by atoms with Crippen LogP contribution in [0, 0.1) is 0 Å². The van der Waals surface area contributed by atoms with Gasteiger partial charge in [0, 0.05) is 25.7 Å². The van der Waals surface area contributed by atoms with Gasteiger partial charge in [-0.2, -0.15) is 0 Å². The normalized spacial score (nSPS) is 31.8. The molecule has 0 spiro atoms. The van der Waals surface area contributed by atoms with E-state index in [1.165, 1.54) is 38.8 Å². The van der Waals surface area contributed by atoms with Crippen molar-refractivity contribution >= 4 is 0 Å². The summed E-state index contributed by atoms with van der Waals surface area (Å²) in [6, 6.07) is 0.602. The Kier molecular flexibility index (Phi) is 4.42. The van der Waals surface area contributed by atoms with Crippen molar-refractivity contribution in [3.8, 4) is 0 Å². The number of fused-ring (bicyclic) bond motifs is 1. The predicted octanol–water partition coefficient (Wildman–Crippen LogP) is 1.24. The third-order valence-corrected chi connectivity index (χ3v) is 3.51. The van der Waals surface area contributed by atoms with Crippen molar-refractivity contribution in [2.75, 3.05) is 32.8 Å². The van der Waals surface area contributed by atoms with Gasteiger partial charge in [-0.15, -0.1) is 0 Å². The summed E-state index contributed by atoms with van der Waals surface area (Å²) in [4.78, 5) is 2.56. The summed E-state index contributed by atoms with van der Waals surface area (Å²) < 4.78 is 5.76. The first-order chi connectivity index (χ1) is 7.40. The van der Waals surface area contributed by atoms with E-state index in [4.69, 9.17) is 4.74 Å². The van der Waals surface area contributed by atoms with Crippen molar-refractivity contribution in [3.05, 3.63) is 0 Å². The van der Waals surface area contributed by atoms with Crippen molar-refractivity contribution in [2.45, 2.75) is 44.8 Å². The number of ether oxygens (including phenoxy) is 1. The molecule has 2 rings (SSSR count). The fourth-order valence-electron chi connectivity index (χ4n) is 2.62. The Morgan fingerprint density at radius 1 is 1.27 bits per heavy atom. The van der Waals surface area contributed by atoms with Crippen LogP contribution in [0.1, 0.15) is 32.6 Å². The SMILES string of the molecule is CCCCCCN1C[C@@H]2NCCO[C@@H]2C1. The van der Waals surface area contributed by atoms with Gasteiger partial charge < -0.3 is 10.1 Å². The lowest BCUT2D eigenvalue weighted by Gasteiger charge is -2.25. The van der Waals surface area contributed by atoms with Crippen molar-refractivity contribution in [3.63, 3.8) is 0 Å². The van der Waals surface area contributed by atoms with E-state index in [0.29, 0.717) is 12.1 Å². The highest BCUT2D eigenvalue weighted by Crippen LogP contribution is 2.16. The van der Waals surface area contributed by atoms with Crippen molar-refractivity contribution in [1.82, 2.24) is 10.2 Å². The predicted molar refractivity (Wildman–Crippen MR) is 62.1 cm³/mol. The molecule has 2 aliphatic heterocycles. The van der Waals surface area contributed by atoms with Crippen LogP contribution in [0.15, 0.2) is 0 Å². The van der Waals surface area contributed by atoms with Crippen molar-refractivity contribution in [1.29, 1.82) is 0 Å². The minimum Gasteiger partial charge on any atom is -0.374 e. The highest BCUT2D eigenvalue weighted by atomic mass is 16.5. The zero-order valence-corrected chi connectivity index (χ0v) is 9.87. The molecule has 88 valence electrons. The molecular formula is C12H24N2O. The van der Waals surface area contributed by atoms with Crippen LogP contribution < -0.4 is 5.32 Å². The summed E-state index contributed by atoms with van der Waals surface area (Å²) in [6.07, 6.45) is 5.92. The molecule has 0 radical (unpaired) electrons. The van der Waals surface area contributed by atoms with Gasteiger partial charge in [-0.3, -0.25) is 4.90 Å². The summed E-state index contributed by atoms with van der Waals surface area (Å²) in [6.45, 7) is 7.79. The van der Waals surface area contributed by atoms with E-state index >= 15 is 0 Å². The number of nitrogens with zero attached hydrogens (tertiary/aromatic N) is 1. The number of unbranched alkanes of at least 4 members (excludes halogenated alkanes) is 3. The van der Waals surface area contributed by atoms with Crippen LogP contribution in [0.3, 0.4) is 0 Å². The number of hydrogen-bond donors (Lipinski definition) is 1.